The van der Waals surface area contributed by atoms with Crippen LogP contribution in [0, 0.1) is 0 Å². The van der Waals surface area contributed by atoms with Crippen molar-refractivity contribution in [2.45, 2.75) is 13.0 Å². The van der Waals surface area contributed by atoms with Gasteiger partial charge in [-0.25, -0.2) is 0 Å². The van der Waals surface area contributed by atoms with Crippen molar-refractivity contribution in [3.05, 3.63) is 18.5 Å². The van der Waals surface area contributed by atoms with E-state index in [2.05, 4.69) is 20.6 Å². The maximum absolute atomic E-state index is 11.6. The first-order valence-corrected chi connectivity index (χ1v) is 6.52. The standard InChI is InChI=1S/C12H21N5O.2ClH/c18-12(11-17-8-2-4-15-17)14-3-1-7-16-9-5-13-6-10-16;;/h2,4,8,13H,1,3,5-7,9-11H2,(H,14,18);2*1H. The normalized spacial score (nSPS) is 15.0. The Hall–Kier alpha value is -0.820. The van der Waals surface area contributed by atoms with E-state index in [1.54, 1.807) is 17.1 Å². The Morgan fingerprint density at radius 2 is 2.05 bits per heavy atom. The second-order valence-corrected chi connectivity index (χ2v) is 4.50. The van der Waals surface area contributed by atoms with Crippen LogP contribution in [0.3, 0.4) is 0 Å². The van der Waals surface area contributed by atoms with E-state index in [0.29, 0.717) is 6.54 Å². The van der Waals surface area contributed by atoms with E-state index in [-0.39, 0.29) is 30.7 Å². The van der Waals surface area contributed by atoms with Gasteiger partial charge in [0.15, 0.2) is 0 Å². The lowest BCUT2D eigenvalue weighted by Gasteiger charge is -2.27. The Kier molecular flexibility index (Phi) is 10.5. The second kappa shape index (κ2) is 10.9. The first-order valence-electron chi connectivity index (χ1n) is 6.52. The number of nitrogens with zero attached hydrogens (tertiary/aromatic N) is 3. The number of amides is 1. The van der Waals surface area contributed by atoms with E-state index in [1.165, 1.54) is 0 Å². The topological polar surface area (TPSA) is 62.2 Å². The minimum absolute atomic E-state index is 0. The molecule has 2 N–H and O–H groups in total. The largest absolute Gasteiger partial charge is 0.354 e. The molecule has 0 saturated carbocycles. The number of piperazine rings is 1. The van der Waals surface area contributed by atoms with E-state index in [1.807, 2.05) is 6.07 Å². The van der Waals surface area contributed by atoms with Gasteiger partial charge in [0.1, 0.15) is 6.54 Å². The predicted molar refractivity (Wildman–Crippen MR) is 83.7 cm³/mol. The molecule has 1 saturated heterocycles. The van der Waals surface area contributed by atoms with Gasteiger partial charge < -0.3 is 15.5 Å². The van der Waals surface area contributed by atoms with Gasteiger partial charge in [0.25, 0.3) is 0 Å². The summed E-state index contributed by atoms with van der Waals surface area (Å²) in [6, 6.07) is 1.82. The number of halogens is 2. The molecule has 116 valence electrons. The van der Waals surface area contributed by atoms with Crippen LogP contribution in [0.2, 0.25) is 0 Å². The first-order chi connectivity index (χ1) is 8.84. The van der Waals surface area contributed by atoms with Gasteiger partial charge >= 0.3 is 0 Å². The maximum Gasteiger partial charge on any atom is 0.241 e. The molecule has 0 spiro atoms. The number of carbonyl (C=O) groups is 1. The zero-order chi connectivity index (χ0) is 12.6. The minimum atomic E-state index is 0. The second-order valence-electron chi connectivity index (χ2n) is 4.50. The smallest absolute Gasteiger partial charge is 0.241 e. The van der Waals surface area contributed by atoms with Crippen LogP contribution in [-0.2, 0) is 11.3 Å². The molecular weight excluding hydrogens is 301 g/mol. The minimum Gasteiger partial charge on any atom is -0.354 e. The summed E-state index contributed by atoms with van der Waals surface area (Å²) in [6.45, 7) is 6.48. The Balaban J connectivity index is 0.00000180. The fraction of sp³-hybridized carbons (Fsp3) is 0.667. The van der Waals surface area contributed by atoms with Crippen molar-refractivity contribution in [2.75, 3.05) is 39.3 Å². The van der Waals surface area contributed by atoms with Crippen LogP contribution in [-0.4, -0.2) is 59.9 Å². The molecule has 1 amide bonds. The van der Waals surface area contributed by atoms with Crippen LogP contribution in [0.1, 0.15) is 6.42 Å². The van der Waals surface area contributed by atoms with Crippen molar-refractivity contribution in [1.82, 2.24) is 25.3 Å². The molecule has 1 aromatic rings. The van der Waals surface area contributed by atoms with Crippen LogP contribution in [0.5, 0.6) is 0 Å². The molecule has 0 aromatic carbocycles. The van der Waals surface area contributed by atoms with Crippen LogP contribution >= 0.6 is 24.8 Å². The van der Waals surface area contributed by atoms with Crippen molar-refractivity contribution in [1.29, 1.82) is 0 Å². The number of hydrogen-bond donors (Lipinski definition) is 2. The van der Waals surface area contributed by atoms with Gasteiger partial charge in [-0.1, -0.05) is 0 Å². The van der Waals surface area contributed by atoms with E-state index in [4.69, 9.17) is 0 Å². The zero-order valence-corrected chi connectivity index (χ0v) is 13.1. The fourth-order valence-electron chi connectivity index (χ4n) is 2.06. The van der Waals surface area contributed by atoms with Gasteiger partial charge in [-0.15, -0.1) is 24.8 Å². The van der Waals surface area contributed by atoms with Crippen molar-refractivity contribution in [3.63, 3.8) is 0 Å². The Labute approximate surface area is 132 Å². The van der Waals surface area contributed by atoms with E-state index < -0.39 is 0 Å². The molecule has 1 fully saturated rings. The van der Waals surface area contributed by atoms with E-state index >= 15 is 0 Å². The highest BCUT2D eigenvalue weighted by atomic mass is 35.5. The highest BCUT2D eigenvalue weighted by Gasteiger charge is 2.08. The highest BCUT2D eigenvalue weighted by molar-refractivity contribution is 5.85. The first kappa shape index (κ1) is 19.2. The maximum atomic E-state index is 11.6. The monoisotopic (exact) mass is 323 g/mol. The summed E-state index contributed by atoms with van der Waals surface area (Å²) in [6.07, 6.45) is 4.48. The molecule has 8 heteroatoms. The molecule has 2 heterocycles. The molecule has 1 aromatic heterocycles. The molecule has 0 aliphatic carbocycles. The Bertz CT molecular complexity index is 355. The van der Waals surface area contributed by atoms with E-state index in [0.717, 1.165) is 45.7 Å². The summed E-state index contributed by atoms with van der Waals surface area (Å²) in [5.41, 5.74) is 0. The Morgan fingerprint density at radius 3 is 2.70 bits per heavy atom. The molecule has 0 unspecified atom stereocenters. The summed E-state index contributed by atoms with van der Waals surface area (Å²) in [5.74, 6) is 0.0269. The van der Waals surface area contributed by atoms with Gasteiger partial charge in [0.05, 0.1) is 0 Å². The lowest BCUT2D eigenvalue weighted by atomic mass is 10.3. The van der Waals surface area contributed by atoms with Gasteiger partial charge in [-0.3, -0.25) is 9.48 Å². The third-order valence-electron chi connectivity index (χ3n) is 3.05. The van der Waals surface area contributed by atoms with Crippen molar-refractivity contribution >= 4 is 30.7 Å². The molecule has 0 radical (unpaired) electrons. The quantitative estimate of drug-likeness (QED) is 0.731. The number of nitrogens with one attached hydrogen (secondary N) is 2. The third-order valence-corrected chi connectivity index (χ3v) is 3.05. The van der Waals surface area contributed by atoms with Gasteiger partial charge in [0.2, 0.25) is 5.91 Å². The van der Waals surface area contributed by atoms with Crippen LogP contribution in [0.25, 0.3) is 0 Å². The average Bonchev–Trinajstić information content (AvgIpc) is 2.89. The van der Waals surface area contributed by atoms with Gasteiger partial charge in [-0.2, -0.15) is 5.10 Å². The van der Waals surface area contributed by atoms with Crippen molar-refractivity contribution in [3.8, 4) is 0 Å². The summed E-state index contributed by atoms with van der Waals surface area (Å²) in [4.78, 5) is 14.0. The lowest BCUT2D eigenvalue weighted by molar-refractivity contribution is -0.121. The predicted octanol–water partition coefficient (Wildman–Crippen LogP) is 0.138. The zero-order valence-electron chi connectivity index (χ0n) is 11.5. The summed E-state index contributed by atoms with van der Waals surface area (Å²) < 4.78 is 1.63. The summed E-state index contributed by atoms with van der Waals surface area (Å²) >= 11 is 0. The molecule has 6 nitrogen and oxygen atoms in total. The van der Waals surface area contributed by atoms with Crippen molar-refractivity contribution < 1.29 is 4.79 Å². The number of carbonyl (C=O) groups excluding carboxylic acids is 1. The molecular formula is C12H23Cl2N5O. The Morgan fingerprint density at radius 1 is 1.30 bits per heavy atom. The molecule has 0 atom stereocenters. The van der Waals surface area contributed by atoms with Crippen LogP contribution < -0.4 is 10.6 Å². The van der Waals surface area contributed by atoms with E-state index in [9.17, 15) is 4.79 Å². The highest BCUT2D eigenvalue weighted by Crippen LogP contribution is 1.93. The fourth-order valence-corrected chi connectivity index (χ4v) is 2.06. The molecule has 2 rings (SSSR count). The molecule has 20 heavy (non-hydrogen) atoms. The average molecular weight is 324 g/mol. The van der Waals surface area contributed by atoms with Crippen LogP contribution in [0.15, 0.2) is 18.5 Å². The number of hydrogen-bond acceptors (Lipinski definition) is 4. The summed E-state index contributed by atoms with van der Waals surface area (Å²) in [5, 5.41) is 10.2. The lowest BCUT2D eigenvalue weighted by Crippen LogP contribution is -2.44. The SMILES string of the molecule is Cl.Cl.O=C(Cn1cccn1)NCCCN1CCNCC1. The molecule has 1 aliphatic heterocycles. The third kappa shape index (κ3) is 7.09. The van der Waals surface area contributed by atoms with Crippen LogP contribution in [0.4, 0.5) is 0 Å². The molecule has 1 aliphatic rings. The summed E-state index contributed by atoms with van der Waals surface area (Å²) in [7, 11) is 0. The number of aromatic nitrogens is 2. The number of rotatable bonds is 6. The van der Waals surface area contributed by atoms with Crippen molar-refractivity contribution in [2.24, 2.45) is 0 Å². The van der Waals surface area contributed by atoms with Gasteiger partial charge in [0, 0.05) is 45.1 Å². The molecule has 0 bridgehead atoms. The van der Waals surface area contributed by atoms with Gasteiger partial charge in [-0.05, 0) is 19.0 Å².